The van der Waals surface area contributed by atoms with E-state index in [1.807, 2.05) is 0 Å². The molecule has 3 heteroatoms. The minimum atomic E-state index is 0.147. The van der Waals surface area contributed by atoms with Crippen molar-refractivity contribution < 1.29 is 4.42 Å². The molecule has 1 unspecified atom stereocenters. The van der Waals surface area contributed by atoms with E-state index in [2.05, 4.69) is 44.3 Å². The van der Waals surface area contributed by atoms with Gasteiger partial charge < -0.3 is 9.73 Å². The average molecular weight is 272 g/mol. The van der Waals surface area contributed by atoms with E-state index in [1.165, 1.54) is 24.8 Å². The molecule has 1 atom stereocenters. The molecule has 1 N–H and O–H groups in total. The van der Waals surface area contributed by atoms with Crippen LogP contribution in [0.3, 0.4) is 0 Å². The normalized spacial score (nSPS) is 21.1. The summed E-state index contributed by atoms with van der Waals surface area (Å²) >= 11 is 0. The van der Waals surface area contributed by atoms with Gasteiger partial charge in [0.2, 0.25) is 5.89 Å². The van der Waals surface area contributed by atoms with Gasteiger partial charge in [-0.1, -0.05) is 39.7 Å². The van der Waals surface area contributed by atoms with Crippen molar-refractivity contribution in [2.45, 2.75) is 57.9 Å². The summed E-state index contributed by atoms with van der Waals surface area (Å²) in [6.07, 6.45) is 4.94. The molecule has 1 aromatic heterocycles. The highest BCUT2D eigenvalue weighted by atomic mass is 16.3. The first-order valence-electron chi connectivity index (χ1n) is 7.68. The molecule has 2 aromatic rings. The van der Waals surface area contributed by atoms with E-state index in [1.54, 1.807) is 0 Å². The summed E-state index contributed by atoms with van der Waals surface area (Å²) in [6, 6.07) is 6.66. The zero-order chi connectivity index (χ0) is 14.2. The van der Waals surface area contributed by atoms with E-state index in [0.717, 1.165) is 30.0 Å². The number of aromatic nitrogens is 1. The van der Waals surface area contributed by atoms with Crippen molar-refractivity contribution in [1.29, 1.82) is 0 Å². The first-order chi connectivity index (χ1) is 9.54. The van der Waals surface area contributed by atoms with E-state index in [9.17, 15) is 0 Å². The zero-order valence-electron chi connectivity index (χ0n) is 12.7. The van der Waals surface area contributed by atoms with E-state index in [0.29, 0.717) is 0 Å². The molecule has 0 saturated carbocycles. The lowest BCUT2D eigenvalue weighted by Gasteiger charge is -2.18. The Bertz CT molecular complexity index is 587. The molecule has 1 aliphatic heterocycles. The Morgan fingerprint density at radius 2 is 2.05 bits per heavy atom. The lowest BCUT2D eigenvalue weighted by molar-refractivity contribution is 0.410. The van der Waals surface area contributed by atoms with Crippen molar-refractivity contribution in [1.82, 2.24) is 10.3 Å². The lowest BCUT2D eigenvalue weighted by atomic mass is 9.87. The third kappa shape index (κ3) is 2.73. The smallest absolute Gasteiger partial charge is 0.212 e. The molecule has 20 heavy (non-hydrogen) atoms. The number of hydrogen-bond acceptors (Lipinski definition) is 3. The van der Waals surface area contributed by atoms with E-state index < -0.39 is 0 Å². The van der Waals surface area contributed by atoms with Gasteiger partial charge in [-0.2, -0.15) is 0 Å². The van der Waals surface area contributed by atoms with Gasteiger partial charge in [-0.3, -0.25) is 0 Å². The minimum absolute atomic E-state index is 0.147. The Morgan fingerprint density at radius 3 is 2.85 bits per heavy atom. The predicted molar refractivity (Wildman–Crippen MR) is 81.9 cm³/mol. The van der Waals surface area contributed by atoms with Gasteiger partial charge in [-0.05, 0) is 42.5 Å². The zero-order valence-corrected chi connectivity index (χ0v) is 12.7. The second-order valence-electron chi connectivity index (χ2n) is 6.84. The van der Waals surface area contributed by atoms with Crippen LogP contribution in [0.15, 0.2) is 22.6 Å². The summed E-state index contributed by atoms with van der Waals surface area (Å²) in [4.78, 5) is 4.72. The molecule has 0 spiro atoms. The van der Waals surface area contributed by atoms with Crippen LogP contribution in [-0.4, -0.2) is 11.5 Å². The number of nitrogens with one attached hydrogen (secondary N) is 1. The Kier molecular flexibility index (Phi) is 3.55. The molecular weight excluding hydrogens is 248 g/mol. The SMILES string of the molecule is CC(C)(C)c1ccc2oc(C3CCCCCN3)nc2c1. The monoisotopic (exact) mass is 272 g/mol. The maximum absolute atomic E-state index is 5.96. The summed E-state index contributed by atoms with van der Waals surface area (Å²) < 4.78 is 5.96. The molecule has 0 amide bonds. The molecular formula is C17H24N2O. The largest absolute Gasteiger partial charge is 0.439 e. The first kappa shape index (κ1) is 13.6. The fourth-order valence-electron chi connectivity index (χ4n) is 2.80. The van der Waals surface area contributed by atoms with Gasteiger partial charge in [0.25, 0.3) is 0 Å². The fourth-order valence-corrected chi connectivity index (χ4v) is 2.80. The van der Waals surface area contributed by atoms with E-state index in [4.69, 9.17) is 9.40 Å². The average Bonchev–Trinajstić information content (AvgIpc) is 2.63. The Hall–Kier alpha value is -1.35. The second-order valence-corrected chi connectivity index (χ2v) is 6.84. The van der Waals surface area contributed by atoms with Crippen molar-refractivity contribution in [3.63, 3.8) is 0 Å². The third-order valence-corrected chi connectivity index (χ3v) is 4.13. The van der Waals surface area contributed by atoms with Crippen molar-refractivity contribution in [2.75, 3.05) is 6.54 Å². The number of nitrogens with zero attached hydrogens (tertiary/aromatic N) is 1. The van der Waals surface area contributed by atoms with Crippen LogP contribution in [0.1, 0.15) is 64.0 Å². The van der Waals surface area contributed by atoms with E-state index >= 15 is 0 Å². The Balaban J connectivity index is 1.93. The molecule has 1 aliphatic rings. The Labute approximate surface area is 120 Å². The van der Waals surface area contributed by atoms with Crippen molar-refractivity contribution in [3.8, 4) is 0 Å². The van der Waals surface area contributed by atoms with E-state index in [-0.39, 0.29) is 11.5 Å². The number of rotatable bonds is 1. The van der Waals surface area contributed by atoms with Gasteiger partial charge >= 0.3 is 0 Å². The number of hydrogen-bond donors (Lipinski definition) is 1. The molecule has 3 rings (SSSR count). The van der Waals surface area contributed by atoms with Gasteiger partial charge in [0.05, 0.1) is 6.04 Å². The molecule has 3 nitrogen and oxygen atoms in total. The number of fused-ring (bicyclic) bond motifs is 1. The van der Waals surface area contributed by atoms with Gasteiger partial charge in [0.15, 0.2) is 5.58 Å². The Morgan fingerprint density at radius 1 is 1.20 bits per heavy atom. The highest BCUT2D eigenvalue weighted by Crippen LogP contribution is 2.29. The number of benzene rings is 1. The van der Waals surface area contributed by atoms with Crippen molar-refractivity contribution in [2.24, 2.45) is 0 Å². The van der Waals surface area contributed by atoms with Crippen LogP contribution >= 0.6 is 0 Å². The number of oxazole rings is 1. The summed E-state index contributed by atoms with van der Waals surface area (Å²) in [6.45, 7) is 7.74. The van der Waals surface area contributed by atoms with Crippen LogP contribution in [0, 0.1) is 0 Å². The van der Waals surface area contributed by atoms with Crippen LogP contribution in [0.4, 0.5) is 0 Å². The quantitative estimate of drug-likeness (QED) is 0.839. The molecule has 0 radical (unpaired) electrons. The minimum Gasteiger partial charge on any atom is -0.439 e. The molecule has 0 bridgehead atoms. The summed E-state index contributed by atoms with van der Waals surface area (Å²) in [5, 5.41) is 3.55. The second kappa shape index (κ2) is 5.21. The van der Waals surface area contributed by atoms with Gasteiger partial charge in [0.1, 0.15) is 5.52 Å². The van der Waals surface area contributed by atoms with Gasteiger partial charge in [0, 0.05) is 0 Å². The molecule has 0 aliphatic carbocycles. The topological polar surface area (TPSA) is 38.1 Å². The summed E-state index contributed by atoms with van der Waals surface area (Å²) in [7, 11) is 0. The maximum atomic E-state index is 5.96. The predicted octanol–water partition coefficient (Wildman–Crippen LogP) is 4.33. The van der Waals surface area contributed by atoms with Crippen molar-refractivity contribution >= 4 is 11.1 Å². The molecule has 108 valence electrons. The van der Waals surface area contributed by atoms with Crippen LogP contribution in [0.2, 0.25) is 0 Å². The van der Waals surface area contributed by atoms with Gasteiger partial charge in [-0.15, -0.1) is 0 Å². The van der Waals surface area contributed by atoms with Crippen LogP contribution in [-0.2, 0) is 5.41 Å². The molecule has 1 fully saturated rings. The standard InChI is InChI=1S/C17H24N2O/c1-17(2,3)12-8-9-15-14(11-12)19-16(20-15)13-7-5-4-6-10-18-13/h8-9,11,13,18H,4-7,10H2,1-3H3. The summed E-state index contributed by atoms with van der Waals surface area (Å²) in [5.41, 5.74) is 3.34. The van der Waals surface area contributed by atoms with Crippen molar-refractivity contribution in [3.05, 3.63) is 29.7 Å². The molecule has 2 heterocycles. The van der Waals surface area contributed by atoms with Crippen LogP contribution in [0.25, 0.3) is 11.1 Å². The fraction of sp³-hybridized carbons (Fsp3) is 0.588. The van der Waals surface area contributed by atoms with Crippen LogP contribution in [0.5, 0.6) is 0 Å². The maximum Gasteiger partial charge on any atom is 0.212 e. The molecule has 1 aromatic carbocycles. The lowest BCUT2D eigenvalue weighted by Crippen LogP contribution is -2.20. The highest BCUT2D eigenvalue weighted by molar-refractivity contribution is 5.73. The first-order valence-corrected chi connectivity index (χ1v) is 7.68. The van der Waals surface area contributed by atoms with Gasteiger partial charge in [-0.25, -0.2) is 4.98 Å². The summed E-state index contributed by atoms with van der Waals surface area (Å²) in [5.74, 6) is 0.855. The highest BCUT2D eigenvalue weighted by Gasteiger charge is 2.20. The molecule has 1 saturated heterocycles. The van der Waals surface area contributed by atoms with Crippen LogP contribution < -0.4 is 5.32 Å². The third-order valence-electron chi connectivity index (χ3n) is 4.13.